The van der Waals surface area contributed by atoms with Crippen LogP contribution in [0.4, 0.5) is 0 Å². The van der Waals surface area contributed by atoms with Crippen LogP contribution in [0.3, 0.4) is 0 Å². The van der Waals surface area contributed by atoms with Crippen LogP contribution in [0.15, 0.2) is 53.4 Å². The second-order valence-electron chi connectivity index (χ2n) is 6.28. The second kappa shape index (κ2) is 7.22. The van der Waals surface area contributed by atoms with E-state index < -0.39 is 0 Å². The lowest BCUT2D eigenvalue weighted by molar-refractivity contribution is 0.0930. The Balaban J connectivity index is 1.81. The maximum atomic E-state index is 12.8. The summed E-state index contributed by atoms with van der Waals surface area (Å²) in [5.41, 5.74) is 3.43. The van der Waals surface area contributed by atoms with Crippen molar-refractivity contribution < 1.29 is 4.79 Å². The fourth-order valence-electron chi connectivity index (χ4n) is 3.15. The molecule has 0 radical (unpaired) electrons. The molecule has 1 amide bonds. The summed E-state index contributed by atoms with van der Waals surface area (Å²) in [4.78, 5) is 13.9. The summed E-state index contributed by atoms with van der Waals surface area (Å²) in [5, 5.41) is 3.71. The van der Waals surface area contributed by atoms with Gasteiger partial charge in [-0.05, 0) is 42.5 Å². The molecule has 3 rings (SSSR count). The van der Waals surface area contributed by atoms with E-state index in [1.807, 2.05) is 24.3 Å². The zero-order valence-electron chi connectivity index (χ0n) is 13.7. The molecule has 3 heteroatoms. The van der Waals surface area contributed by atoms with Crippen molar-refractivity contribution >= 4 is 17.7 Å². The molecule has 120 valence electrons. The lowest BCUT2D eigenvalue weighted by Gasteiger charge is -2.26. The molecule has 0 fully saturated rings. The lowest BCUT2D eigenvalue weighted by atomic mass is 9.87. The number of fused-ring (bicyclic) bond motifs is 1. The summed E-state index contributed by atoms with van der Waals surface area (Å²) in [7, 11) is 0. The van der Waals surface area contributed by atoms with Crippen molar-refractivity contribution in [3.05, 3.63) is 65.2 Å². The molecule has 2 aromatic carbocycles. The number of nitrogens with one attached hydrogen (secondary N) is 1. The van der Waals surface area contributed by atoms with Crippen LogP contribution in [0.1, 0.15) is 54.2 Å². The Kier molecular flexibility index (Phi) is 5.06. The first-order valence-corrected chi connectivity index (χ1v) is 9.17. The maximum Gasteiger partial charge on any atom is 0.252 e. The van der Waals surface area contributed by atoms with Gasteiger partial charge in [0.05, 0.1) is 11.6 Å². The summed E-state index contributed by atoms with van der Waals surface area (Å²) < 4.78 is 0. The van der Waals surface area contributed by atoms with E-state index in [4.69, 9.17) is 0 Å². The van der Waals surface area contributed by atoms with E-state index in [0.29, 0.717) is 5.25 Å². The van der Waals surface area contributed by atoms with Crippen LogP contribution in [-0.2, 0) is 6.42 Å². The van der Waals surface area contributed by atoms with Crippen LogP contribution in [-0.4, -0.2) is 11.2 Å². The van der Waals surface area contributed by atoms with E-state index in [1.165, 1.54) is 11.1 Å². The number of aryl methyl sites for hydroxylation is 1. The summed E-state index contributed by atoms with van der Waals surface area (Å²) in [6.07, 6.45) is 3.26. The molecular formula is C20H23NOS. The van der Waals surface area contributed by atoms with Gasteiger partial charge < -0.3 is 5.32 Å². The molecule has 0 saturated heterocycles. The van der Waals surface area contributed by atoms with Crippen molar-refractivity contribution in [1.82, 2.24) is 5.32 Å². The summed E-state index contributed by atoms with van der Waals surface area (Å²) >= 11 is 1.74. The normalized spacial score (nSPS) is 16.9. The van der Waals surface area contributed by atoms with E-state index in [9.17, 15) is 4.79 Å². The minimum absolute atomic E-state index is 0.0375. The third kappa shape index (κ3) is 3.78. The minimum Gasteiger partial charge on any atom is -0.345 e. The zero-order valence-corrected chi connectivity index (χ0v) is 14.5. The number of thioether (sulfide) groups is 1. The van der Waals surface area contributed by atoms with Gasteiger partial charge in [0.15, 0.2) is 0 Å². The van der Waals surface area contributed by atoms with Gasteiger partial charge in [-0.3, -0.25) is 4.79 Å². The van der Waals surface area contributed by atoms with Gasteiger partial charge in [-0.15, -0.1) is 11.8 Å². The van der Waals surface area contributed by atoms with Crippen LogP contribution < -0.4 is 5.32 Å². The minimum atomic E-state index is 0.0375. The van der Waals surface area contributed by atoms with Gasteiger partial charge in [-0.2, -0.15) is 0 Å². The Morgan fingerprint density at radius 2 is 1.87 bits per heavy atom. The topological polar surface area (TPSA) is 29.1 Å². The number of amides is 1. The Hall–Kier alpha value is -1.74. The average Bonchev–Trinajstić information content (AvgIpc) is 2.55. The van der Waals surface area contributed by atoms with E-state index in [2.05, 4.69) is 43.4 Å². The Morgan fingerprint density at radius 1 is 1.13 bits per heavy atom. The highest BCUT2D eigenvalue weighted by molar-refractivity contribution is 8.00. The number of carbonyl (C=O) groups is 1. The van der Waals surface area contributed by atoms with Crippen molar-refractivity contribution in [2.45, 2.75) is 49.3 Å². The molecule has 1 aliphatic rings. The number of benzene rings is 2. The third-order valence-electron chi connectivity index (χ3n) is 4.17. The predicted octanol–water partition coefficient (Wildman–Crippen LogP) is 4.99. The Morgan fingerprint density at radius 3 is 2.70 bits per heavy atom. The zero-order chi connectivity index (χ0) is 16.2. The first-order chi connectivity index (χ1) is 11.1. The number of carbonyl (C=O) groups excluding carboxylic acids is 1. The highest BCUT2D eigenvalue weighted by Crippen LogP contribution is 2.31. The number of hydrogen-bond donors (Lipinski definition) is 1. The molecule has 0 aromatic heterocycles. The molecule has 0 bridgehead atoms. The predicted molar refractivity (Wildman–Crippen MR) is 97.0 cm³/mol. The molecule has 0 heterocycles. The van der Waals surface area contributed by atoms with Gasteiger partial charge in [0.25, 0.3) is 5.91 Å². The van der Waals surface area contributed by atoms with Crippen LogP contribution in [0.5, 0.6) is 0 Å². The molecule has 0 unspecified atom stereocenters. The van der Waals surface area contributed by atoms with Gasteiger partial charge in [0.1, 0.15) is 0 Å². The van der Waals surface area contributed by atoms with E-state index in [-0.39, 0.29) is 11.9 Å². The highest BCUT2D eigenvalue weighted by atomic mass is 32.2. The summed E-state index contributed by atoms with van der Waals surface area (Å²) in [6.45, 7) is 4.30. The molecular weight excluding hydrogens is 302 g/mol. The standard InChI is InChI=1S/C20H23NOS/c1-14(2)23-19-13-6-5-11-17(19)20(22)21-18-12-7-9-15-8-3-4-10-16(15)18/h3-6,8,10-11,13-14,18H,7,9,12H2,1-2H3,(H,21,22)/t18-/m1/s1. The molecule has 2 aromatic rings. The van der Waals surface area contributed by atoms with Crippen molar-refractivity contribution in [1.29, 1.82) is 0 Å². The molecule has 0 spiro atoms. The van der Waals surface area contributed by atoms with E-state index in [1.54, 1.807) is 11.8 Å². The van der Waals surface area contributed by atoms with Crippen LogP contribution in [0.25, 0.3) is 0 Å². The van der Waals surface area contributed by atoms with Gasteiger partial charge in [0, 0.05) is 10.1 Å². The average molecular weight is 325 g/mol. The molecule has 1 aliphatic carbocycles. The monoisotopic (exact) mass is 325 g/mol. The van der Waals surface area contributed by atoms with Gasteiger partial charge >= 0.3 is 0 Å². The van der Waals surface area contributed by atoms with Crippen LogP contribution in [0.2, 0.25) is 0 Å². The molecule has 2 nitrogen and oxygen atoms in total. The third-order valence-corrected chi connectivity index (χ3v) is 5.25. The van der Waals surface area contributed by atoms with Gasteiger partial charge in [-0.1, -0.05) is 50.2 Å². The van der Waals surface area contributed by atoms with Crippen molar-refractivity contribution in [3.63, 3.8) is 0 Å². The second-order valence-corrected chi connectivity index (χ2v) is 7.90. The van der Waals surface area contributed by atoms with Crippen LogP contribution >= 0.6 is 11.8 Å². The highest BCUT2D eigenvalue weighted by Gasteiger charge is 2.22. The largest absolute Gasteiger partial charge is 0.345 e. The maximum absolute atomic E-state index is 12.8. The molecule has 0 saturated carbocycles. The van der Waals surface area contributed by atoms with Gasteiger partial charge in [0.2, 0.25) is 0 Å². The first-order valence-electron chi connectivity index (χ1n) is 8.29. The summed E-state index contributed by atoms with van der Waals surface area (Å²) in [5.74, 6) is 0.0375. The first kappa shape index (κ1) is 16.1. The molecule has 1 atom stereocenters. The van der Waals surface area contributed by atoms with Crippen LogP contribution in [0, 0.1) is 0 Å². The van der Waals surface area contributed by atoms with Gasteiger partial charge in [-0.25, -0.2) is 0 Å². The fraction of sp³-hybridized carbons (Fsp3) is 0.350. The SMILES string of the molecule is CC(C)Sc1ccccc1C(=O)N[C@@H]1CCCc2ccccc21. The number of hydrogen-bond acceptors (Lipinski definition) is 2. The van der Waals surface area contributed by atoms with Crippen molar-refractivity contribution in [2.75, 3.05) is 0 Å². The number of rotatable bonds is 4. The van der Waals surface area contributed by atoms with Crippen molar-refractivity contribution in [2.24, 2.45) is 0 Å². The Labute approximate surface area is 142 Å². The molecule has 1 N–H and O–H groups in total. The fourth-order valence-corrected chi connectivity index (χ4v) is 4.10. The summed E-state index contributed by atoms with van der Waals surface area (Å²) in [6, 6.07) is 16.5. The quantitative estimate of drug-likeness (QED) is 0.802. The molecule has 23 heavy (non-hydrogen) atoms. The molecule has 0 aliphatic heterocycles. The smallest absolute Gasteiger partial charge is 0.252 e. The van der Waals surface area contributed by atoms with Crippen molar-refractivity contribution in [3.8, 4) is 0 Å². The lowest BCUT2D eigenvalue weighted by Crippen LogP contribution is -2.31. The van der Waals surface area contributed by atoms with E-state index in [0.717, 1.165) is 29.7 Å². The van der Waals surface area contributed by atoms with E-state index >= 15 is 0 Å². The Bertz CT molecular complexity index is 696.